The number of nitrogens with zero attached hydrogens (tertiary/aromatic N) is 1. The first kappa shape index (κ1) is 11.9. The summed E-state index contributed by atoms with van der Waals surface area (Å²) in [6, 6.07) is 0. The van der Waals surface area contributed by atoms with Gasteiger partial charge in [0, 0.05) is 7.05 Å². The predicted molar refractivity (Wildman–Crippen MR) is 60.7 cm³/mol. The lowest BCUT2D eigenvalue weighted by molar-refractivity contribution is 0.569. The SMILES string of the molecule is C#CCN(C)C(=N)/C(C)=C/SC=C. The van der Waals surface area contributed by atoms with E-state index in [1.807, 2.05) is 12.3 Å². The van der Waals surface area contributed by atoms with Crippen LogP contribution in [0.15, 0.2) is 23.0 Å². The van der Waals surface area contributed by atoms with Crippen LogP contribution >= 0.6 is 11.8 Å². The van der Waals surface area contributed by atoms with Gasteiger partial charge in [-0.1, -0.05) is 12.5 Å². The number of thioether (sulfide) groups is 1. The summed E-state index contributed by atoms with van der Waals surface area (Å²) in [5.74, 6) is 2.94. The highest BCUT2D eigenvalue weighted by Crippen LogP contribution is 2.09. The van der Waals surface area contributed by atoms with E-state index in [0.29, 0.717) is 12.4 Å². The van der Waals surface area contributed by atoms with Crippen molar-refractivity contribution >= 4 is 17.6 Å². The third-order valence-corrected chi connectivity index (χ3v) is 2.11. The summed E-state index contributed by atoms with van der Waals surface area (Å²) in [6.07, 6.45) is 5.14. The van der Waals surface area contributed by atoms with Crippen LogP contribution in [0.2, 0.25) is 0 Å². The van der Waals surface area contributed by atoms with Crippen molar-refractivity contribution in [2.24, 2.45) is 0 Å². The first-order chi connectivity index (χ1) is 6.13. The highest BCUT2D eigenvalue weighted by molar-refractivity contribution is 8.04. The molecular weight excluding hydrogens is 180 g/mol. The van der Waals surface area contributed by atoms with E-state index in [1.165, 1.54) is 11.8 Å². The molecule has 0 saturated carbocycles. The Balaban J connectivity index is 4.25. The molecule has 0 bridgehead atoms. The molecule has 0 aromatic heterocycles. The Labute approximate surface area is 84.2 Å². The molecule has 2 nitrogen and oxygen atoms in total. The number of rotatable bonds is 4. The van der Waals surface area contributed by atoms with Crippen molar-refractivity contribution in [2.45, 2.75) is 6.92 Å². The Bertz CT molecular complexity index is 261. The van der Waals surface area contributed by atoms with Crippen LogP contribution in [-0.4, -0.2) is 24.3 Å². The van der Waals surface area contributed by atoms with Gasteiger partial charge in [-0.2, -0.15) is 0 Å². The van der Waals surface area contributed by atoms with E-state index >= 15 is 0 Å². The van der Waals surface area contributed by atoms with Crippen molar-refractivity contribution in [3.8, 4) is 12.3 Å². The molecule has 0 heterocycles. The van der Waals surface area contributed by atoms with Crippen molar-refractivity contribution in [2.75, 3.05) is 13.6 Å². The topological polar surface area (TPSA) is 27.1 Å². The molecule has 1 N–H and O–H groups in total. The second kappa shape index (κ2) is 6.38. The van der Waals surface area contributed by atoms with Gasteiger partial charge in [0.15, 0.2) is 0 Å². The van der Waals surface area contributed by atoms with E-state index in [9.17, 15) is 0 Å². The number of likely N-dealkylation sites (N-methyl/N-ethyl adjacent to an activating group) is 1. The molecule has 0 aliphatic rings. The molecule has 0 unspecified atom stereocenters. The minimum absolute atomic E-state index is 0.451. The molecule has 0 saturated heterocycles. The predicted octanol–water partition coefficient (Wildman–Crippen LogP) is 2.31. The molecule has 0 aliphatic heterocycles. The summed E-state index contributed by atoms with van der Waals surface area (Å²) in [7, 11) is 1.80. The molecule has 0 aliphatic carbocycles. The van der Waals surface area contributed by atoms with Crippen LogP contribution < -0.4 is 0 Å². The Hall–Kier alpha value is -1.14. The summed E-state index contributed by atoms with van der Waals surface area (Å²) >= 11 is 1.46. The summed E-state index contributed by atoms with van der Waals surface area (Å²) in [4.78, 5) is 1.72. The van der Waals surface area contributed by atoms with Gasteiger partial charge in [-0.15, -0.1) is 18.2 Å². The van der Waals surface area contributed by atoms with E-state index < -0.39 is 0 Å². The monoisotopic (exact) mass is 194 g/mol. The summed E-state index contributed by atoms with van der Waals surface area (Å²) in [5, 5.41) is 11.3. The quantitative estimate of drug-likeness (QED) is 0.422. The second-order valence-corrected chi connectivity index (χ2v) is 3.35. The lowest BCUT2D eigenvalue weighted by atomic mass is 10.3. The molecule has 0 amide bonds. The molecule has 0 radical (unpaired) electrons. The number of terminal acetylenes is 1. The van der Waals surface area contributed by atoms with Crippen molar-refractivity contribution in [1.82, 2.24) is 4.90 Å². The molecule has 0 atom stereocenters. The van der Waals surface area contributed by atoms with Crippen LogP contribution in [0.25, 0.3) is 0 Å². The van der Waals surface area contributed by atoms with E-state index in [1.54, 1.807) is 17.4 Å². The van der Waals surface area contributed by atoms with Gasteiger partial charge in [0.2, 0.25) is 0 Å². The van der Waals surface area contributed by atoms with Gasteiger partial charge in [-0.3, -0.25) is 5.41 Å². The van der Waals surface area contributed by atoms with Gasteiger partial charge >= 0.3 is 0 Å². The first-order valence-electron chi connectivity index (χ1n) is 3.80. The lowest BCUT2D eigenvalue weighted by Crippen LogP contribution is -2.26. The fourth-order valence-corrected chi connectivity index (χ4v) is 1.14. The van der Waals surface area contributed by atoms with Crippen molar-refractivity contribution in [1.29, 1.82) is 5.41 Å². The Morgan fingerprint density at radius 1 is 1.77 bits per heavy atom. The number of hydrogen-bond acceptors (Lipinski definition) is 2. The Kier molecular flexibility index (Phi) is 5.82. The summed E-state index contributed by atoms with van der Waals surface area (Å²) < 4.78 is 0. The maximum absolute atomic E-state index is 7.70. The molecule has 0 aromatic carbocycles. The van der Waals surface area contributed by atoms with Gasteiger partial charge in [0.05, 0.1) is 6.54 Å². The van der Waals surface area contributed by atoms with E-state index in [2.05, 4.69) is 12.5 Å². The Morgan fingerprint density at radius 3 is 2.85 bits per heavy atom. The maximum atomic E-state index is 7.70. The normalized spacial score (nSPS) is 10.4. The molecule has 13 heavy (non-hydrogen) atoms. The molecule has 70 valence electrons. The molecule has 0 rings (SSSR count). The smallest absolute Gasteiger partial charge is 0.124 e. The van der Waals surface area contributed by atoms with E-state index in [-0.39, 0.29) is 0 Å². The zero-order chi connectivity index (χ0) is 10.3. The highest BCUT2D eigenvalue weighted by atomic mass is 32.2. The first-order valence-corrected chi connectivity index (χ1v) is 4.74. The molecular formula is C10H14N2S. The third-order valence-electron chi connectivity index (χ3n) is 1.42. The van der Waals surface area contributed by atoms with Crippen LogP contribution in [0.3, 0.4) is 0 Å². The summed E-state index contributed by atoms with van der Waals surface area (Å²) in [5.41, 5.74) is 0.891. The number of hydrogen-bond donors (Lipinski definition) is 1. The maximum Gasteiger partial charge on any atom is 0.124 e. The van der Waals surface area contributed by atoms with Crippen LogP contribution in [0.4, 0.5) is 0 Å². The number of amidine groups is 1. The Morgan fingerprint density at radius 2 is 2.38 bits per heavy atom. The van der Waals surface area contributed by atoms with Gasteiger partial charge in [0.25, 0.3) is 0 Å². The average Bonchev–Trinajstić information content (AvgIpc) is 2.13. The second-order valence-electron chi connectivity index (χ2n) is 2.51. The third kappa shape index (κ3) is 4.44. The molecule has 3 heteroatoms. The zero-order valence-electron chi connectivity index (χ0n) is 8.00. The number of nitrogens with one attached hydrogen (secondary N) is 1. The van der Waals surface area contributed by atoms with Gasteiger partial charge in [-0.05, 0) is 23.3 Å². The van der Waals surface area contributed by atoms with Gasteiger partial charge in [0.1, 0.15) is 5.84 Å². The van der Waals surface area contributed by atoms with Crippen LogP contribution in [0, 0.1) is 17.8 Å². The zero-order valence-corrected chi connectivity index (χ0v) is 8.82. The molecule has 0 fully saturated rings. The van der Waals surface area contributed by atoms with Crippen molar-refractivity contribution in [3.05, 3.63) is 23.0 Å². The molecule has 0 spiro atoms. The fraction of sp³-hybridized carbons (Fsp3) is 0.300. The van der Waals surface area contributed by atoms with Gasteiger partial charge < -0.3 is 4.90 Å². The minimum atomic E-state index is 0.451. The van der Waals surface area contributed by atoms with Crippen LogP contribution in [0.1, 0.15) is 6.92 Å². The van der Waals surface area contributed by atoms with Crippen LogP contribution in [-0.2, 0) is 0 Å². The van der Waals surface area contributed by atoms with Crippen LogP contribution in [0.5, 0.6) is 0 Å². The van der Waals surface area contributed by atoms with Crippen molar-refractivity contribution < 1.29 is 0 Å². The van der Waals surface area contributed by atoms with Gasteiger partial charge in [-0.25, -0.2) is 0 Å². The van der Waals surface area contributed by atoms with E-state index in [0.717, 1.165) is 5.57 Å². The average molecular weight is 194 g/mol. The molecule has 0 aromatic rings. The van der Waals surface area contributed by atoms with E-state index in [4.69, 9.17) is 11.8 Å². The largest absolute Gasteiger partial charge is 0.349 e. The standard InChI is InChI=1S/C10H14N2S/c1-5-7-12(4)10(11)9(3)8-13-6-2/h1,6,8,11H,2,7H2,3-4H3/b9-8+,11-10?. The highest BCUT2D eigenvalue weighted by Gasteiger charge is 2.03. The summed E-state index contributed by atoms with van der Waals surface area (Å²) in [6.45, 7) is 5.92. The lowest BCUT2D eigenvalue weighted by Gasteiger charge is -2.16. The minimum Gasteiger partial charge on any atom is -0.349 e. The fourth-order valence-electron chi connectivity index (χ4n) is 0.723. The van der Waals surface area contributed by atoms with Crippen molar-refractivity contribution in [3.63, 3.8) is 0 Å².